The van der Waals surface area contributed by atoms with Gasteiger partial charge in [0.25, 0.3) is 0 Å². The number of ether oxygens (including phenoxy) is 1. The largest absolute Gasteiger partial charge is 0.461 e. The molecular weight excluding hydrogens is 406 g/mol. The smallest absolute Gasteiger partial charge is 0.357 e. The van der Waals surface area contributed by atoms with Gasteiger partial charge in [0.1, 0.15) is 17.3 Å². The second-order valence-corrected chi connectivity index (χ2v) is 7.28. The predicted octanol–water partition coefficient (Wildman–Crippen LogP) is 5.52. The van der Waals surface area contributed by atoms with Crippen molar-refractivity contribution in [3.8, 4) is 11.3 Å². The molecule has 3 aromatic rings. The average Bonchev–Trinajstić information content (AvgIpc) is 3.09. The topological polar surface area (TPSA) is 55.0 Å². The zero-order chi connectivity index (χ0) is 20.1. The molecule has 0 spiro atoms. The number of H-pyrrole nitrogens is 1. The molecule has 2 aromatic carbocycles. The van der Waals surface area contributed by atoms with Crippen LogP contribution in [-0.2, 0) is 11.2 Å². The molecule has 4 nitrogen and oxygen atoms in total. The van der Waals surface area contributed by atoms with Gasteiger partial charge in [-0.05, 0) is 49.7 Å². The van der Waals surface area contributed by atoms with Crippen LogP contribution >= 0.6 is 23.4 Å². The van der Waals surface area contributed by atoms with Crippen LogP contribution in [0.3, 0.4) is 0 Å². The fourth-order valence-electron chi connectivity index (χ4n) is 2.61. The van der Waals surface area contributed by atoms with Crippen molar-refractivity contribution in [2.24, 2.45) is 0 Å². The first-order valence-electron chi connectivity index (χ1n) is 8.58. The summed E-state index contributed by atoms with van der Waals surface area (Å²) in [6.45, 7) is 1.93. The van der Waals surface area contributed by atoms with Crippen LogP contribution in [0.1, 0.15) is 23.0 Å². The normalized spacial score (nSPS) is 10.9. The van der Waals surface area contributed by atoms with Crippen molar-refractivity contribution in [2.45, 2.75) is 18.5 Å². The maximum absolute atomic E-state index is 13.9. The van der Waals surface area contributed by atoms with Crippen LogP contribution in [0.4, 0.5) is 8.78 Å². The van der Waals surface area contributed by atoms with Crippen LogP contribution < -0.4 is 0 Å². The summed E-state index contributed by atoms with van der Waals surface area (Å²) in [4.78, 5) is 19.7. The van der Waals surface area contributed by atoms with E-state index < -0.39 is 5.97 Å². The van der Waals surface area contributed by atoms with Gasteiger partial charge in [-0.15, -0.1) is 0 Å². The Balaban J connectivity index is 1.80. The van der Waals surface area contributed by atoms with Gasteiger partial charge < -0.3 is 9.72 Å². The Labute approximate surface area is 170 Å². The minimum absolute atomic E-state index is 0.194. The Morgan fingerprint density at radius 1 is 1.21 bits per heavy atom. The minimum Gasteiger partial charge on any atom is -0.461 e. The number of nitrogens with one attached hydrogen (secondary N) is 1. The van der Waals surface area contributed by atoms with Gasteiger partial charge in [-0.25, -0.2) is 18.6 Å². The van der Waals surface area contributed by atoms with E-state index in [1.54, 1.807) is 31.2 Å². The summed E-state index contributed by atoms with van der Waals surface area (Å²) in [7, 11) is 0. The molecule has 0 aliphatic carbocycles. The summed E-state index contributed by atoms with van der Waals surface area (Å²) < 4.78 is 32.2. The number of halogens is 3. The van der Waals surface area contributed by atoms with Crippen molar-refractivity contribution in [3.63, 3.8) is 0 Å². The number of aromatic nitrogens is 2. The van der Waals surface area contributed by atoms with Crippen LogP contribution in [0.5, 0.6) is 0 Å². The third kappa shape index (κ3) is 4.72. The summed E-state index contributed by atoms with van der Waals surface area (Å²) in [5.41, 5.74) is 1.60. The van der Waals surface area contributed by atoms with Crippen LogP contribution in [0, 0.1) is 11.6 Å². The van der Waals surface area contributed by atoms with Crippen molar-refractivity contribution in [3.05, 3.63) is 70.4 Å². The lowest BCUT2D eigenvalue weighted by molar-refractivity contribution is 0.0520. The molecule has 0 unspecified atom stereocenters. The Bertz CT molecular complexity index is 957. The number of aromatic amines is 1. The minimum atomic E-state index is -0.543. The van der Waals surface area contributed by atoms with Crippen molar-refractivity contribution in [1.29, 1.82) is 0 Å². The molecule has 1 heterocycles. The summed E-state index contributed by atoms with van der Waals surface area (Å²) in [5.74, 6) is -0.780. The van der Waals surface area contributed by atoms with E-state index in [9.17, 15) is 13.6 Å². The highest BCUT2D eigenvalue weighted by atomic mass is 35.5. The SMILES string of the molecule is CCOC(=O)c1[nH]c(SCCc2c(F)cccc2Cl)nc1-c1ccc(F)cc1. The standard InChI is InChI=1S/C20H17ClF2N2O2S/c1-2-27-19(26)18-17(12-6-8-13(22)9-7-12)24-20(25-18)28-11-10-14-15(21)4-3-5-16(14)23/h3-9H,2,10-11H2,1H3,(H,24,25). The molecule has 0 aliphatic rings. The average molecular weight is 423 g/mol. The van der Waals surface area contributed by atoms with Crippen molar-refractivity contribution in [2.75, 3.05) is 12.4 Å². The molecule has 0 bridgehead atoms. The van der Waals surface area contributed by atoms with Crippen molar-refractivity contribution in [1.82, 2.24) is 9.97 Å². The molecule has 0 saturated carbocycles. The highest BCUT2D eigenvalue weighted by molar-refractivity contribution is 7.99. The molecule has 8 heteroatoms. The van der Waals surface area contributed by atoms with E-state index in [0.717, 1.165) is 0 Å². The molecular formula is C20H17ClF2N2O2S. The number of esters is 1. The zero-order valence-electron chi connectivity index (χ0n) is 15.0. The second-order valence-electron chi connectivity index (χ2n) is 5.79. The van der Waals surface area contributed by atoms with Gasteiger partial charge in [-0.1, -0.05) is 29.4 Å². The van der Waals surface area contributed by atoms with E-state index in [1.165, 1.54) is 30.0 Å². The number of imidazole rings is 1. The first-order valence-corrected chi connectivity index (χ1v) is 9.94. The van der Waals surface area contributed by atoms with Gasteiger partial charge in [0.2, 0.25) is 0 Å². The van der Waals surface area contributed by atoms with E-state index in [0.29, 0.717) is 39.2 Å². The van der Waals surface area contributed by atoms with Gasteiger partial charge in [-0.2, -0.15) is 0 Å². The van der Waals surface area contributed by atoms with Crippen LogP contribution in [0.15, 0.2) is 47.6 Å². The van der Waals surface area contributed by atoms with Crippen LogP contribution in [-0.4, -0.2) is 28.3 Å². The molecule has 0 radical (unpaired) electrons. The van der Waals surface area contributed by atoms with Crippen LogP contribution in [0.25, 0.3) is 11.3 Å². The maximum Gasteiger partial charge on any atom is 0.357 e. The molecule has 28 heavy (non-hydrogen) atoms. The first-order chi connectivity index (χ1) is 13.5. The lowest BCUT2D eigenvalue weighted by atomic mass is 10.1. The van der Waals surface area contributed by atoms with Gasteiger partial charge in [0.05, 0.1) is 6.61 Å². The molecule has 146 valence electrons. The number of carbonyl (C=O) groups excluding carboxylic acids is 1. The Hall–Kier alpha value is -2.38. The fraction of sp³-hybridized carbons (Fsp3) is 0.200. The number of nitrogens with zero attached hydrogens (tertiary/aromatic N) is 1. The van der Waals surface area contributed by atoms with Gasteiger partial charge in [0.15, 0.2) is 10.9 Å². The number of carbonyl (C=O) groups is 1. The third-order valence-electron chi connectivity index (χ3n) is 3.93. The monoisotopic (exact) mass is 422 g/mol. The van der Waals surface area contributed by atoms with E-state index >= 15 is 0 Å². The second kappa shape index (κ2) is 9.21. The summed E-state index contributed by atoms with van der Waals surface area (Å²) in [6.07, 6.45) is 0.400. The first kappa shape index (κ1) is 20.4. The number of thioether (sulfide) groups is 1. The Morgan fingerprint density at radius 2 is 1.96 bits per heavy atom. The number of rotatable bonds is 7. The predicted molar refractivity (Wildman–Crippen MR) is 106 cm³/mol. The van der Waals surface area contributed by atoms with Gasteiger partial charge in [0, 0.05) is 21.9 Å². The molecule has 0 aliphatic heterocycles. The Kier molecular flexibility index (Phi) is 6.70. The summed E-state index contributed by atoms with van der Waals surface area (Å²) in [5, 5.41) is 0.856. The highest BCUT2D eigenvalue weighted by Gasteiger charge is 2.20. The highest BCUT2D eigenvalue weighted by Crippen LogP contribution is 2.28. The summed E-state index contributed by atoms with van der Waals surface area (Å²) >= 11 is 7.37. The molecule has 0 atom stereocenters. The van der Waals surface area contributed by atoms with Crippen molar-refractivity contribution < 1.29 is 18.3 Å². The third-order valence-corrected chi connectivity index (χ3v) is 5.16. The van der Waals surface area contributed by atoms with Crippen LogP contribution in [0.2, 0.25) is 5.02 Å². The van der Waals surface area contributed by atoms with Gasteiger partial charge >= 0.3 is 5.97 Å². The quantitative estimate of drug-likeness (QED) is 0.402. The van der Waals surface area contributed by atoms with E-state index in [2.05, 4.69) is 9.97 Å². The molecule has 1 aromatic heterocycles. The maximum atomic E-state index is 13.9. The van der Waals surface area contributed by atoms with Crippen molar-refractivity contribution >= 4 is 29.3 Å². The zero-order valence-corrected chi connectivity index (χ0v) is 16.5. The molecule has 1 N–H and O–H groups in total. The van der Waals surface area contributed by atoms with E-state index in [1.807, 2.05) is 0 Å². The number of hydrogen-bond donors (Lipinski definition) is 1. The molecule has 0 fully saturated rings. The van der Waals surface area contributed by atoms with E-state index in [4.69, 9.17) is 16.3 Å². The van der Waals surface area contributed by atoms with Gasteiger partial charge in [-0.3, -0.25) is 0 Å². The molecule has 0 amide bonds. The molecule has 3 rings (SSSR count). The molecule has 0 saturated heterocycles. The number of hydrogen-bond acceptors (Lipinski definition) is 4. The fourth-order valence-corrected chi connectivity index (χ4v) is 3.70. The Morgan fingerprint density at radius 3 is 2.64 bits per heavy atom. The van der Waals surface area contributed by atoms with E-state index in [-0.39, 0.29) is 23.9 Å². The summed E-state index contributed by atoms with van der Waals surface area (Å²) in [6, 6.07) is 10.2. The number of benzene rings is 2. The lowest BCUT2D eigenvalue weighted by Crippen LogP contribution is -2.06. The lowest BCUT2D eigenvalue weighted by Gasteiger charge is -2.04.